The van der Waals surface area contributed by atoms with Gasteiger partial charge in [0.25, 0.3) is 0 Å². The zero-order valence-corrected chi connectivity index (χ0v) is 24.3. The number of nitrogens with zero attached hydrogens (tertiary/aromatic N) is 2. The van der Waals surface area contributed by atoms with Crippen molar-refractivity contribution in [2.24, 2.45) is 0 Å². The molecule has 0 aliphatic carbocycles. The van der Waals surface area contributed by atoms with Crippen LogP contribution >= 0.6 is 0 Å². The first-order valence-electron chi connectivity index (χ1n) is 15.4. The predicted molar refractivity (Wildman–Crippen MR) is 188 cm³/mol. The van der Waals surface area contributed by atoms with Crippen molar-refractivity contribution in [3.8, 4) is 22.5 Å². The number of fused-ring (bicyclic) bond motifs is 9. The first-order chi connectivity index (χ1) is 22.3. The van der Waals surface area contributed by atoms with E-state index in [1.165, 1.54) is 49.2 Å². The molecule has 3 aromatic heterocycles. The molecule has 0 unspecified atom stereocenters. The Bertz CT molecular complexity index is 2700. The van der Waals surface area contributed by atoms with E-state index in [-0.39, 0.29) is 0 Å². The molecule has 3 heterocycles. The topological polar surface area (TPSA) is 23.0 Å². The molecule has 7 aromatic carbocycles. The molecule has 0 amide bonds. The average Bonchev–Trinajstić information content (AvgIpc) is 3.75. The van der Waals surface area contributed by atoms with Crippen molar-refractivity contribution >= 4 is 65.6 Å². The van der Waals surface area contributed by atoms with Crippen molar-refractivity contribution in [2.75, 3.05) is 0 Å². The molecule has 0 atom stereocenters. The van der Waals surface area contributed by atoms with E-state index in [4.69, 9.17) is 4.42 Å². The van der Waals surface area contributed by atoms with E-state index in [1.807, 2.05) is 12.1 Å². The van der Waals surface area contributed by atoms with Gasteiger partial charge in [-0.05, 0) is 65.7 Å². The Kier molecular flexibility index (Phi) is 5.00. The van der Waals surface area contributed by atoms with Gasteiger partial charge in [0.1, 0.15) is 11.2 Å². The molecule has 0 aliphatic rings. The highest BCUT2D eigenvalue weighted by atomic mass is 16.3. The van der Waals surface area contributed by atoms with Crippen molar-refractivity contribution in [3.63, 3.8) is 0 Å². The first-order valence-corrected chi connectivity index (χ1v) is 15.4. The van der Waals surface area contributed by atoms with Gasteiger partial charge in [0, 0.05) is 49.8 Å². The highest BCUT2D eigenvalue weighted by molar-refractivity contribution is 6.17. The summed E-state index contributed by atoms with van der Waals surface area (Å²) < 4.78 is 11.0. The van der Waals surface area contributed by atoms with Gasteiger partial charge < -0.3 is 13.6 Å². The summed E-state index contributed by atoms with van der Waals surface area (Å²) >= 11 is 0. The minimum absolute atomic E-state index is 0.909. The lowest BCUT2D eigenvalue weighted by Crippen LogP contribution is -1.95. The molecule has 10 rings (SSSR count). The van der Waals surface area contributed by atoms with Crippen molar-refractivity contribution in [1.82, 2.24) is 9.13 Å². The summed E-state index contributed by atoms with van der Waals surface area (Å²) in [6.45, 7) is 0. The van der Waals surface area contributed by atoms with Crippen LogP contribution < -0.4 is 0 Å². The molecule has 3 heteroatoms. The monoisotopic (exact) mass is 574 g/mol. The highest BCUT2D eigenvalue weighted by Gasteiger charge is 2.17. The number of hydrogen-bond donors (Lipinski definition) is 0. The molecule has 0 saturated carbocycles. The number of aromatic nitrogens is 2. The second-order valence-electron chi connectivity index (χ2n) is 11.8. The van der Waals surface area contributed by atoms with E-state index in [0.717, 1.165) is 38.8 Å². The minimum atomic E-state index is 0.909. The standard InChI is InChI=1S/C42H26N2O/c1-5-16-37-31(12-1)32-13-2-6-17-38(32)44(37)30-11-9-10-28(24-30)27-20-22-29(23-21-27)43-39-18-7-3-14-33(39)35-25-36-34-15-4-8-19-41(34)45-42(36)26-40(35)43/h1-26H. The largest absolute Gasteiger partial charge is 0.456 e. The molecule has 0 radical (unpaired) electrons. The van der Waals surface area contributed by atoms with E-state index in [9.17, 15) is 0 Å². The Labute approximate surface area is 258 Å². The van der Waals surface area contributed by atoms with Crippen molar-refractivity contribution < 1.29 is 4.42 Å². The van der Waals surface area contributed by atoms with Crippen LogP contribution in [-0.4, -0.2) is 9.13 Å². The maximum Gasteiger partial charge on any atom is 0.137 e. The number of para-hydroxylation sites is 4. The van der Waals surface area contributed by atoms with Crippen LogP contribution in [0.25, 0.3) is 88.1 Å². The normalized spacial score (nSPS) is 12.0. The van der Waals surface area contributed by atoms with E-state index in [2.05, 4.69) is 155 Å². The number of hydrogen-bond acceptors (Lipinski definition) is 1. The smallest absolute Gasteiger partial charge is 0.137 e. The van der Waals surface area contributed by atoms with E-state index in [0.29, 0.717) is 0 Å². The van der Waals surface area contributed by atoms with Gasteiger partial charge >= 0.3 is 0 Å². The second-order valence-corrected chi connectivity index (χ2v) is 11.8. The van der Waals surface area contributed by atoms with Crippen molar-refractivity contribution in [3.05, 3.63) is 158 Å². The summed E-state index contributed by atoms with van der Waals surface area (Å²) in [6.07, 6.45) is 0. The molecule has 210 valence electrons. The minimum Gasteiger partial charge on any atom is -0.456 e. The van der Waals surface area contributed by atoms with Gasteiger partial charge in [-0.2, -0.15) is 0 Å². The van der Waals surface area contributed by atoms with Gasteiger partial charge in [0.2, 0.25) is 0 Å². The molecule has 0 fully saturated rings. The zero-order valence-electron chi connectivity index (χ0n) is 24.3. The number of benzene rings is 7. The number of furan rings is 1. The third kappa shape index (κ3) is 3.52. The highest BCUT2D eigenvalue weighted by Crippen LogP contribution is 2.39. The maximum atomic E-state index is 6.30. The Morgan fingerprint density at radius 2 is 0.889 bits per heavy atom. The molecule has 10 aromatic rings. The van der Waals surface area contributed by atoms with Crippen LogP contribution in [0.1, 0.15) is 0 Å². The van der Waals surface area contributed by atoms with E-state index < -0.39 is 0 Å². The lowest BCUT2D eigenvalue weighted by atomic mass is 10.0. The third-order valence-electron chi connectivity index (χ3n) is 9.31. The molecule has 0 N–H and O–H groups in total. The summed E-state index contributed by atoms with van der Waals surface area (Å²) in [5.74, 6) is 0. The Morgan fingerprint density at radius 1 is 0.311 bits per heavy atom. The molecule has 0 saturated heterocycles. The molecule has 0 aliphatic heterocycles. The Morgan fingerprint density at radius 3 is 1.58 bits per heavy atom. The summed E-state index contributed by atoms with van der Waals surface area (Å²) in [5.41, 5.74) is 11.2. The molecule has 3 nitrogen and oxygen atoms in total. The quantitative estimate of drug-likeness (QED) is 0.206. The van der Waals surface area contributed by atoms with Crippen molar-refractivity contribution in [2.45, 2.75) is 0 Å². The number of rotatable bonds is 3. The van der Waals surface area contributed by atoms with Gasteiger partial charge in [-0.3, -0.25) is 0 Å². The van der Waals surface area contributed by atoms with Crippen LogP contribution in [-0.2, 0) is 0 Å². The molecular weight excluding hydrogens is 548 g/mol. The van der Waals surface area contributed by atoms with Gasteiger partial charge in [-0.15, -0.1) is 0 Å². The van der Waals surface area contributed by atoms with Gasteiger partial charge in [-0.25, -0.2) is 0 Å². The fraction of sp³-hybridized carbons (Fsp3) is 0. The SMILES string of the molecule is c1cc(-c2ccc(-n3c4ccccc4c4cc5c(cc43)oc3ccccc35)cc2)cc(-n2c3ccccc3c3ccccc32)c1. The molecule has 0 bridgehead atoms. The lowest BCUT2D eigenvalue weighted by molar-refractivity contribution is 0.669. The van der Waals surface area contributed by atoms with Gasteiger partial charge in [0.15, 0.2) is 0 Å². The second kappa shape index (κ2) is 9.22. The van der Waals surface area contributed by atoms with Crippen LogP contribution in [0.2, 0.25) is 0 Å². The fourth-order valence-corrected chi connectivity index (χ4v) is 7.29. The molecule has 0 spiro atoms. The van der Waals surface area contributed by atoms with Crippen LogP contribution in [0, 0.1) is 0 Å². The third-order valence-corrected chi connectivity index (χ3v) is 9.31. The van der Waals surface area contributed by atoms with E-state index in [1.54, 1.807) is 0 Å². The molecule has 45 heavy (non-hydrogen) atoms. The fourth-order valence-electron chi connectivity index (χ4n) is 7.29. The van der Waals surface area contributed by atoms with Crippen LogP contribution in [0.3, 0.4) is 0 Å². The van der Waals surface area contributed by atoms with E-state index >= 15 is 0 Å². The van der Waals surface area contributed by atoms with Crippen LogP contribution in [0.4, 0.5) is 0 Å². The summed E-state index contributed by atoms with van der Waals surface area (Å²) in [5, 5.41) is 7.32. The van der Waals surface area contributed by atoms with Crippen LogP contribution in [0.5, 0.6) is 0 Å². The summed E-state index contributed by atoms with van der Waals surface area (Å²) in [7, 11) is 0. The Balaban J connectivity index is 1.12. The average molecular weight is 575 g/mol. The van der Waals surface area contributed by atoms with Crippen molar-refractivity contribution in [1.29, 1.82) is 0 Å². The maximum absolute atomic E-state index is 6.30. The summed E-state index contributed by atoms with van der Waals surface area (Å²) in [6, 6.07) is 56.6. The predicted octanol–water partition coefficient (Wildman–Crippen LogP) is 11.4. The summed E-state index contributed by atoms with van der Waals surface area (Å²) in [4.78, 5) is 0. The van der Waals surface area contributed by atoms with Crippen LogP contribution in [0.15, 0.2) is 162 Å². The molecular formula is C42H26N2O. The van der Waals surface area contributed by atoms with Gasteiger partial charge in [-0.1, -0.05) is 97.1 Å². The first kappa shape index (κ1) is 24.4. The lowest BCUT2D eigenvalue weighted by Gasteiger charge is -2.12. The Hall–Kier alpha value is -6.06. The van der Waals surface area contributed by atoms with Gasteiger partial charge in [0.05, 0.1) is 22.1 Å². The zero-order chi connectivity index (χ0) is 29.5.